The highest BCUT2D eigenvalue weighted by molar-refractivity contribution is 5.82. The number of hydrogen-bond donors (Lipinski definition) is 3. The first kappa shape index (κ1) is 18.7. The van der Waals surface area contributed by atoms with Crippen LogP contribution in [0.25, 0.3) is 0 Å². The number of nitrogens with one attached hydrogen (secondary N) is 1. The van der Waals surface area contributed by atoms with Gasteiger partial charge in [0, 0.05) is 0 Å². The maximum Gasteiger partial charge on any atom is 0.408 e. The highest BCUT2D eigenvalue weighted by Gasteiger charge is 2.33. The Morgan fingerprint density at radius 3 is 1.85 bits per heavy atom. The molecule has 1 amide bonds. The van der Waals surface area contributed by atoms with Crippen molar-refractivity contribution in [2.45, 2.75) is 64.9 Å². The highest BCUT2D eigenvalue weighted by atomic mass is 16.6. The summed E-state index contributed by atoms with van der Waals surface area (Å²) in [5, 5.41) is 20.8. The maximum absolute atomic E-state index is 11.9. The number of alkyl carbamates (subject to hydrolysis) is 1. The molecule has 20 heavy (non-hydrogen) atoms. The van der Waals surface area contributed by atoms with Crippen LogP contribution >= 0.6 is 0 Å². The van der Waals surface area contributed by atoms with Gasteiger partial charge in [0.1, 0.15) is 17.3 Å². The number of rotatable bonds is 4. The average molecular weight is 291 g/mol. The van der Waals surface area contributed by atoms with E-state index in [1.54, 1.807) is 41.5 Å². The third kappa shape index (κ3) is 7.96. The van der Waals surface area contributed by atoms with Gasteiger partial charge in [-0.2, -0.15) is 0 Å². The van der Waals surface area contributed by atoms with Gasteiger partial charge in [0.2, 0.25) is 0 Å². The van der Waals surface area contributed by atoms with Gasteiger partial charge in [-0.3, -0.25) is 0 Å². The second-order valence-corrected chi connectivity index (χ2v) is 6.41. The minimum atomic E-state index is -1.47. The molecule has 0 aliphatic heterocycles. The molecule has 0 unspecified atom stereocenters. The number of aliphatic hydroxyl groups excluding tert-OH is 2. The van der Waals surface area contributed by atoms with Crippen LogP contribution in [0.3, 0.4) is 0 Å². The normalized spacial score (nSPS) is 15.2. The molecular weight excluding hydrogens is 266 g/mol. The van der Waals surface area contributed by atoms with Gasteiger partial charge < -0.3 is 25.0 Å². The quantitative estimate of drug-likeness (QED) is 0.654. The monoisotopic (exact) mass is 291 g/mol. The molecule has 0 aliphatic rings. The fraction of sp³-hybridized carbons (Fsp3) is 0.846. The number of esters is 1. The zero-order valence-corrected chi connectivity index (χ0v) is 12.9. The predicted molar refractivity (Wildman–Crippen MR) is 72.1 cm³/mol. The molecule has 0 aromatic rings. The fourth-order valence-corrected chi connectivity index (χ4v) is 1.22. The van der Waals surface area contributed by atoms with Crippen molar-refractivity contribution in [3.8, 4) is 0 Å². The molecular formula is C13H25NO6. The van der Waals surface area contributed by atoms with Gasteiger partial charge in [-0.05, 0) is 41.5 Å². The molecule has 0 aromatic heterocycles. The lowest BCUT2D eigenvalue weighted by atomic mass is 10.1. The van der Waals surface area contributed by atoms with E-state index in [0.29, 0.717) is 0 Å². The molecule has 0 heterocycles. The van der Waals surface area contributed by atoms with Gasteiger partial charge in [0.05, 0.1) is 6.61 Å². The number of hydrogen-bond acceptors (Lipinski definition) is 6. The third-order valence-corrected chi connectivity index (χ3v) is 1.90. The molecule has 0 aliphatic carbocycles. The molecule has 0 rings (SSSR count). The summed E-state index contributed by atoms with van der Waals surface area (Å²) in [4.78, 5) is 23.5. The zero-order chi connectivity index (χ0) is 16.1. The standard InChI is InChI=1S/C13H25NO6/c1-12(2,3)19-10(17)9(8(16)7-15)14-11(18)20-13(4,5)6/h8-9,15-16H,7H2,1-6H3,(H,14,18)/t8-,9-/m0/s1. The van der Waals surface area contributed by atoms with Gasteiger partial charge in [0.25, 0.3) is 0 Å². The largest absolute Gasteiger partial charge is 0.458 e. The van der Waals surface area contributed by atoms with Gasteiger partial charge in [0.15, 0.2) is 6.04 Å². The third-order valence-electron chi connectivity index (χ3n) is 1.90. The summed E-state index contributed by atoms with van der Waals surface area (Å²) in [5.41, 5.74) is -1.52. The molecule has 0 fully saturated rings. The van der Waals surface area contributed by atoms with Crippen molar-refractivity contribution >= 4 is 12.1 Å². The van der Waals surface area contributed by atoms with Crippen LogP contribution in [0.4, 0.5) is 4.79 Å². The summed E-state index contributed by atoms with van der Waals surface area (Å²) in [7, 11) is 0. The Hall–Kier alpha value is -1.34. The molecule has 7 heteroatoms. The molecule has 0 radical (unpaired) electrons. The molecule has 0 aromatic carbocycles. The Labute approximate surface area is 119 Å². The Balaban J connectivity index is 4.82. The Morgan fingerprint density at radius 1 is 1.05 bits per heavy atom. The van der Waals surface area contributed by atoms with Gasteiger partial charge in [-0.1, -0.05) is 0 Å². The van der Waals surface area contributed by atoms with Gasteiger partial charge >= 0.3 is 12.1 Å². The molecule has 0 bridgehead atoms. The van der Waals surface area contributed by atoms with Crippen LogP contribution in [0.2, 0.25) is 0 Å². The molecule has 7 nitrogen and oxygen atoms in total. The van der Waals surface area contributed by atoms with Crippen molar-refractivity contribution in [3.05, 3.63) is 0 Å². The molecule has 0 saturated carbocycles. The first-order valence-electron chi connectivity index (χ1n) is 6.37. The molecule has 0 saturated heterocycles. The molecule has 2 atom stereocenters. The molecule has 3 N–H and O–H groups in total. The van der Waals surface area contributed by atoms with E-state index in [9.17, 15) is 14.7 Å². The van der Waals surface area contributed by atoms with E-state index in [1.165, 1.54) is 0 Å². The predicted octanol–water partition coefficient (Wildman–Crippen LogP) is 0.575. The van der Waals surface area contributed by atoms with E-state index in [0.717, 1.165) is 0 Å². The van der Waals surface area contributed by atoms with Crippen molar-refractivity contribution in [2.24, 2.45) is 0 Å². The molecule has 118 valence electrons. The van der Waals surface area contributed by atoms with E-state index in [2.05, 4.69) is 5.32 Å². The van der Waals surface area contributed by atoms with E-state index in [-0.39, 0.29) is 0 Å². The first-order chi connectivity index (χ1) is 8.85. The lowest BCUT2D eigenvalue weighted by Crippen LogP contribution is -2.53. The summed E-state index contributed by atoms with van der Waals surface area (Å²) in [6, 6.07) is -1.39. The van der Waals surface area contributed by atoms with Crippen molar-refractivity contribution < 1.29 is 29.3 Å². The van der Waals surface area contributed by atoms with Crippen LogP contribution in [-0.4, -0.2) is 52.2 Å². The lowest BCUT2D eigenvalue weighted by Gasteiger charge is -2.27. The summed E-state index contributed by atoms with van der Waals surface area (Å²) in [6.07, 6.45) is -2.35. The topological polar surface area (TPSA) is 105 Å². The molecule has 0 spiro atoms. The van der Waals surface area contributed by atoms with Gasteiger partial charge in [-0.15, -0.1) is 0 Å². The van der Waals surface area contributed by atoms with Crippen LogP contribution in [0.1, 0.15) is 41.5 Å². The van der Waals surface area contributed by atoms with Crippen LogP contribution < -0.4 is 5.32 Å². The zero-order valence-electron chi connectivity index (χ0n) is 12.9. The number of carbonyl (C=O) groups is 2. The Morgan fingerprint density at radius 2 is 1.50 bits per heavy atom. The smallest absolute Gasteiger partial charge is 0.408 e. The SMILES string of the molecule is CC(C)(C)OC(=O)N[C@H](C(=O)OC(C)(C)C)[C@@H](O)CO. The van der Waals surface area contributed by atoms with Crippen molar-refractivity contribution in [1.29, 1.82) is 0 Å². The number of carbonyl (C=O) groups excluding carboxylic acids is 2. The van der Waals surface area contributed by atoms with E-state index in [4.69, 9.17) is 14.6 Å². The number of amides is 1. The summed E-state index contributed by atoms with van der Waals surface area (Å²) >= 11 is 0. The number of ether oxygens (including phenoxy) is 2. The van der Waals surface area contributed by atoms with E-state index >= 15 is 0 Å². The Kier molecular flexibility index (Phi) is 6.43. The minimum Gasteiger partial charge on any atom is -0.458 e. The maximum atomic E-state index is 11.9. The van der Waals surface area contributed by atoms with Gasteiger partial charge in [-0.25, -0.2) is 9.59 Å². The minimum absolute atomic E-state index is 0.695. The van der Waals surface area contributed by atoms with E-state index < -0.39 is 42.0 Å². The first-order valence-corrected chi connectivity index (χ1v) is 6.37. The van der Waals surface area contributed by atoms with Crippen LogP contribution in [0, 0.1) is 0 Å². The van der Waals surface area contributed by atoms with Crippen molar-refractivity contribution in [1.82, 2.24) is 5.32 Å². The Bertz CT molecular complexity index is 342. The van der Waals surface area contributed by atoms with Crippen molar-refractivity contribution in [2.75, 3.05) is 6.61 Å². The summed E-state index contributed by atoms with van der Waals surface area (Å²) in [6.45, 7) is 9.26. The second kappa shape index (κ2) is 6.90. The van der Waals surface area contributed by atoms with Crippen LogP contribution in [0.15, 0.2) is 0 Å². The van der Waals surface area contributed by atoms with E-state index in [1.807, 2.05) is 0 Å². The number of aliphatic hydroxyl groups is 2. The summed E-state index contributed by atoms with van der Waals surface area (Å²) < 4.78 is 10.1. The van der Waals surface area contributed by atoms with Crippen LogP contribution in [-0.2, 0) is 14.3 Å². The van der Waals surface area contributed by atoms with Crippen LogP contribution in [0.5, 0.6) is 0 Å². The highest BCUT2D eigenvalue weighted by Crippen LogP contribution is 2.11. The fourth-order valence-electron chi connectivity index (χ4n) is 1.22. The second-order valence-electron chi connectivity index (χ2n) is 6.41. The summed E-state index contributed by atoms with van der Waals surface area (Å²) in [5.74, 6) is -0.843. The van der Waals surface area contributed by atoms with Crippen molar-refractivity contribution in [3.63, 3.8) is 0 Å². The average Bonchev–Trinajstić information content (AvgIpc) is 2.19. The lowest BCUT2D eigenvalue weighted by molar-refractivity contribution is -0.161.